The quantitative estimate of drug-likeness (QED) is 0.154. The standard InChI is InChI=1S/C28H30N6O5S2/c1-15(24-10-17(14-40-24)26(29)30)32-28(37)23-11-18(41(2,38)39)13-34(23)25(35)12-31-27(36)16-7-8-22-20(9-16)19-5-3-4-6-21(19)33-22/h3-10,14-15,18,23,33H,11-13H2,1-2H3,(H3,29,30)(H,31,36)(H,32,37)/t15?,18-,23+/m1/s1. The molecule has 11 nitrogen and oxygen atoms in total. The zero-order valence-corrected chi connectivity index (χ0v) is 24.1. The molecule has 2 aromatic heterocycles. The fourth-order valence-electron chi connectivity index (χ4n) is 5.08. The molecule has 5 rings (SSSR count). The maximum Gasteiger partial charge on any atom is 0.251 e. The largest absolute Gasteiger partial charge is 0.384 e. The number of nitrogens with zero attached hydrogens (tertiary/aromatic N) is 1. The minimum absolute atomic E-state index is 0.0442. The highest BCUT2D eigenvalue weighted by atomic mass is 32.2. The molecule has 0 radical (unpaired) electrons. The number of likely N-dealkylation sites (tertiary alicyclic amines) is 1. The van der Waals surface area contributed by atoms with Gasteiger partial charge in [0.2, 0.25) is 11.8 Å². The lowest BCUT2D eigenvalue weighted by Gasteiger charge is -2.25. The van der Waals surface area contributed by atoms with Crippen LogP contribution < -0.4 is 16.4 Å². The Hall–Kier alpha value is -4.23. The summed E-state index contributed by atoms with van der Waals surface area (Å²) in [5.41, 5.74) is 8.27. The number of aromatic nitrogens is 1. The predicted octanol–water partition coefficient (Wildman–Crippen LogP) is 2.29. The molecule has 4 aromatic rings. The number of amidine groups is 1. The maximum absolute atomic E-state index is 13.3. The van der Waals surface area contributed by atoms with E-state index in [0.29, 0.717) is 11.1 Å². The molecule has 13 heteroatoms. The molecule has 2 aromatic carbocycles. The molecule has 0 aliphatic carbocycles. The second kappa shape index (κ2) is 11.0. The summed E-state index contributed by atoms with van der Waals surface area (Å²) in [4.78, 5) is 44.8. The molecule has 1 unspecified atom stereocenters. The first kappa shape index (κ1) is 28.3. The van der Waals surface area contributed by atoms with Gasteiger partial charge in [-0.15, -0.1) is 11.3 Å². The van der Waals surface area contributed by atoms with E-state index in [1.54, 1.807) is 36.6 Å². The Morgan fingerprint density at radius 3 is 2.56 bits per heavy atom. The summed E-state index contributed by atoms with van der Waals surface area (Å²) < 4.78 is 24.7. The number of fused-ring (bicyclic) bond motifs is 3. The number of nitrogen functional groups attached to an aromatic ring is 1. The average Bonchev–Trinajstić information content (AvgIpc) is 3.68. The van der Waals surface area contributed by atoms with Crippen LogP contribution in [0.15, 0.2) is 53.9 Å². The van der Waals surface area contributed by atoms with Gasteiger partial charge in [0.25, 0.3) is 5.91 Å². The van der Waals surface area contributed by atoms with Gasteiger partial charge in [-0.25, -0.2) is 8.42 Å². The van der Waals surface area contributed by atoms with Crippen LogP contribution in [0, 0.1) is 5.41 Å². The number of thiophene rings is 1. The van der Waals surface area contributed by atoms with Crippen molar-refractivity contribution < 1.29 is 22.8 Å². The third-order valence-electron chi connectivity index (χ3n) is 7.38. The molecule has 3 heterocycles. The minimum atomic E-state index is -3.53. The molecular weight excluding hydrogens is 564 g/mol. The van der Waals surface area contributed by atoms with Crippen molar-refractivity contribution in [2.75, 3.05) is 19.3 Å². The minimum Gasteiger partial charge on any atom is -0.384 e. The molecule has 3 amide bonds. The van der Waals surface area contributed by atoms with Crippen molar-refractivity contribution in [1.82, 2.24) is 20.5 Å². The number of hydrogen-bond donors (Lipinski definition) is 5. The summed E-state index contributed by atoms with van der Waals surface area (Å²) in [6, 6.07) is 13.2. The van der Waals surface area contributed by atoms with E-state index < -0.39 is 51.4 Å². The molecule has 0 bridgehead atoms. The van der Waals surface area contributed by atoms with E-state index in [1.165, 1.54) is 16.2 Å². The Morgan fingerprint density at radius 2 is 1.85 bits per heavy atom. The summed E-state index contributed by atoms with van der Waals surface area (Å²) in [6.45, 7) is 1.22. The van der Waals surface area contributed by atoms with Crippen LogP contribution in [0.25, 0.3) is 21.8 Å². The summed E-state index contributed by atoms with van der Waals surface area (Å²) in [5, 5.41) is 15.7. The van der Waals surface area contributed by atoms with Gasteiger partial charge in [0.05, 0.1) is 17.8 Å². The number of sulfone groups is 1. The third kappa shape index (κ3) is 5.81. The SMILES string of the molecule is CC(NC(=O)[C@@H]1C[C@@H](S(C)(=O)=O)CN1C(=O)CNC(=O)c1ccc2[nH]c3ccccc3c2c1)c1cc(C(=N)N)cs1. The van der Waals surface area contributed by atoms with Gasteiger partial charge < -0.3 is 26.3 Å². The van der Waals surface area contributed by atoms with Crippen LogP contribution in [-0.4, -0.2) is 72.5 Å². The van der Waals surface area contributed by atoms with Gasteiger partial charge in [-0.05, 0) is 43.7 Å². The maximum atomic E-state index is 13.3. The zero-order chi connectivity index (χ0) is 29.5. The van der Waals surface area contributed by atoms with Crippen molar-refractivity contribution >= 4 is 66.5 Å². The molecule has 41 heavy (non-hydrogen) atoms. The Labute approximate surface area is 240 Å². The fraction of sp³-hybridized carbons (Fsp3) is 0.286. The van der Waals surface area contributed by atoms with Crippen LogP contribution in [0.3, 0.4) is 0 Å². The molecule has 1 aliphatic heterocycles. The molecule has 1 aliphatic rings. The van der Waals surface area contributed by atoms with Crippen molar-refractivity contribution in [2.45, 2.75) is 30.7 Å². The molecule has 0 spiro atoms. The van der Waals surface area contributed by atoms with Crippen LogP contribution in [-0.2, 0) is 19.4 Å². The highest BCUT2D eigenvalue weighted by Crippen LogP contribution is 2.27. The van der Waals surface area contributed by atoms with Crippen molar-refractivity contribution in [1.29, 1.82) is 5.41 Å². The first-order valence-corrected chi connectivity index (χ1v) is 15.8. The van der Waals surface area contributed by atoms with Crippen molar-refractivity contribution in [3.63, 3.8) is 0 Å². The normalized spacial score (nSPS) is 18.0. The van der Waals surface area contributed by atoms with E-state index in [-0.39, 0.29) is 18.8 Å². The lowest BCUT2D eigenvalue weighted by molar-refractivity contribution is -0.137. The number of nitrogens with two attached hydrogens (primary N) is 1. The van der Waals surface area contributed by atoms with Gasteiger partial charge in [-0.2, -0.15) is 0 Å². The van der Waals surface area contributed by atoms with Crippen molar-refractivity contribution in [2.24, 2.45) is 5.73 Å². The Balaban J connectivity index is 1.28. The van der Waals surface area contributed by atoms with Gasteiger partial charge in [-0.3, -0.25) is 19.8 Å². The number of rotatable bonds is 8. The second-order valence-electron chi connectivity index (χ2n) is 10.2. The summed E-state index contributed by atoms with van der Waals surface area (Å²) in [6.07, 6.45) is 1.04. The fourth-order valence-corrected chi connectivity index (χ4v) is 6.96. The number of H-pyrrole nitrogens is 1. The monoisotopic (exact) mass is 594 g/mol. The van der Waals surface area contributed by atoms with Crippen molar-refractivity contribution in [3.05, 3.63) is 69.9 Å². The molecule has 1 fully saturated rings. The molecule has 214 valence electrons. The van der Waals surface area contributed by atoms with E-state index in [4.69, 9.17) is 11.1 Å². The van der Waals surface area contributed by atoms with Crippen LogP contribution in [0.5, 0.6) is 0 Å². The van der Waals surface area contributed by atoms with Gasteiger partial charge in [-0.1, -0.05) is 18.2 Å². The number of hydrogen-bond acceptors (Lipinski definition) is 7. The second-order valence-corrected chi connectivity index (χ2v) is 13.5. The van der Waals surface area contributed by atoms with Crippen LogP contribution in [0.4, 0.5) is 0 Å². The van der Waals surface area contributed by atoms with Gasteiger partial charge in [0.1, 0.15) is 11.9 Å². The zero-order valence-electron chi connectivity index (χ0n) is 22.4. The molecule has 6 N–H and O–H groups in total. The predicted molar refractivity (Wildman–Crippen MR) is 159 cm³/mol. The number of nitrogens with one attached hydrogen (secondary N) is 4. The average molecular weight is 595 g/mol. The number of amides is 3. The van der Waals surface area contributed by atoms with Crippen molar-refractivity contribution in [3.8, 4) is 0 Å². The Bertz CT molecular complexity index is 1790. The van der Waals surface area contributed by atoms with Crippen LogP contribution in [0.2, 0.25) is 0 Å². The smallest absolute Gasteiger partial charge is 0.251 e. The number of aromatic amines is 1. The molecule has 3 atom stereocenters. The first-order valence-electron chi connectivity index (χ1n) is 12.9. The number of benzene rings is 2. The van der Waals surface area contributed by atoms with E-state index >= 15 is 0 Å². The topological polar surface area (TPSA) is 178 Å². The summed E-state index contributed by atoms with van der Waals surface area (Å²) in [5.74, 6) is -1.60. The number of para-hydroxylation sites is 1. The van der Waals surface area contributed by atoms with Gasteiger partial charge in [0.15, 0.2) is 9.84 Å². The summed E-state index contributed by atoms with van der Waals surface area (Å²) in [7, 11) is -3.53. The van der Waals surface area contributed by atoms with E-state index in [0.717, 1.165) is 32.9 Å². The van der Waals surface area contributed by atoms with Gasteiger partial charge >= 0.3 is 0 Å². The Kier molecular flexibility index (Phi) is 7.58. The third-order valence-corrected chi connectivity index (χ3v) is 10.0. The lowest BCUT2D eigenvalue weighted by atomic mass is 10.1. The van der Waals surface area contributed by atoms with Crippen LogP contribution in [0.1, 0.15) is 40.2 Å². The van der Waals surface area contributed by atoms with E-state index in [9.17, 15) is 22.8 Å². The first-order chi connectivity index (χ1) is 19.4. The highest BCUT2D eigenvalue weighted by molar-refractivity contribution is 7.91. The van der Waals surface area contributed by atoms with E-state index in [1.807, 2.05) is 24.3 Å². The molecular formula is C28H30N6O5S2. The number of carbonyl (C=O) groups excluding carboxylic acids is 3. The van der Waals surface area contributed by atoms with Crippen LogP contribution >= 0.6 is 11.3 Å². The highest BCUT2D eigenvalue weighted by Gasteiger charge is 2.43. The molecule has 0 saturated carbocycles. The lowest BCUT2D eigenvalue weighted by Crippen LogP contribution is -2.49. The van der Waals surface area contributed by atoms with Gasteiger partial charge in [0, 0.05) is 56.0 Å². The summed E-state index contributed by atoms with van der Waals surface area (Å²) >= 11 is 1.33. The number of carbonyl (C=O) groups is 3. The Morgan fingerprint density at radius 1 is 1.12 bits per heavy atom. The molecule has 1 saturated heterocycles. The van der Waals surface area contributed by atoms with E-state index in [2.05, 4.69) is 15.6 Å².